The number of halogens is 1. The van der Waals surface area contributed by atoms with Crippen LogP contribution in [0.1, 0.15) is 11.1 Å². The van der Waals surface area contributed by atoms with Gasteiger partial charge in [-0.3, -0.25) is 14.5 Å². The van der Waals surface area contributed by atoms with Gasteiger partial charge in [-0.15, -0.1) is 6.58 Å². The van der Waals surface area contributed by atoms with Gasteiger partial charge in [-0.2, -0.15) is 0 Å². The number of carbonyl (C=O) groups excluding carboxylic acids is 2. The fourth-order valence-electron chi connectivity index (χ4n) is 1.77. The summed E-state index contributed by atoms with van der Waals surface area (Å²) in [5.74, 6) is -0.153. The maximum Gasteiger partial charge on any atom is 0.293 e. The molecule has 0 unspecified atom stereocenters. The summed E-state index contributed by atoms with van der Waals surface area (Å²) in [5, 5.41) is 9.61. The van der Waals surface area contributed by atoms with Crippen molar-refractivity contribution >= 4 is 44.9 Å². The third-order valence-electron chi connectivity index (χ3n) is 2.81. The number of phenolic OH excluding ortho intramolecular Hbond substituents is 1. The van der Waals surface area contributed by atoms with Crippen LogP contribution in [0.25, 0.3) is 6.08 Å². The monoisotopic (exact) mass is 353 g/mol. The summed E-state index contributed by atoms with van der Waals surface area (Å²) in [6.45, 7) is 3.64. The number of hydrogen-bond donors (Lipinski definition) is 1. The fraction of sp³-hybridized carbons (Fsp3) is 0.143. The van der Waals surface area contributed by atoms with Crippen LogP contribution in [0.4, 0.5) is 4.79 Å². The van der Waals surface area contributed by atoms with Crippen LogP contribution < -0.4 is 0 Å². The van der Waals surface area contributed by atoms with E-state index in [4.69, 9.17) is 0 Å². The molecule has 6 heteroatoms. The van der Waals surface area contributed by atoms with Gasteiger partial charge in [0.05, 0.1) is 9.38 Å². The summed E-state index contributed by atoms with van der Waals surface area (Å²) < 4.78 is 0.541. The molecule has 1 aromatic rings. The summed E-state index contributed by atoms with van der Waals surface area (Å²) in [6, 6.07) is 3.47. The first-order valence-electron chi connectivity index (χ1n) is 5.78. The Kier molecular flexibility index (Phi) is 4.35. The maximum absolute atomic E-state index is 11.8. The van der Waals surface area contributed by atoms with Crippen molar-refractivity contribution in [3.8, 4) is 5.75 Å². The van der Waals surface area contributed by atoms with E-state index in [0.29, 0.717) is 21.4 Å². The molecule has 20 heavy (non-hydrogen) atoms. The quantitative estimate of drug-likeness (QED) is 0.666. The van der Waals surface area contributed by atoms with Gasteiger partial charge in [0.15, 0.2) is 0 Å². The summed E-state index contributed by atoms with van der Waals surface area (Å²) in [5.41, 5.74) is 1.45. The van der Waals surface area contributed by atoms with Gasteiger partial charge in [0.1, 0.15) is 5.75 Å². The van der Waals surface area contributed by atoms with E-state index in [0.717, 1.165) is 22.2 Å². The third-order valence-corrected chi connectivity index (χ3v) is 4.38. The number of imide groups is 1. The number of hydrogen-bond acceptors (Lipinski definition) is 4. The number of allylic oxidation sites excluding steroid dienone is 1. The van der Waals surface area contributed by atoms with Crippen LogP contribution in [0.3, 0.4) is 0 Å². The lowest BCUT2D eigenvalue weighted by atomic mass is 10.1. The molecule has 1 aliphatic rings. The average molecular weight is 354 g/mol. The Hall–Kier alpha value is -1.53. The molecule has 1 saturated heterocycles. The van der Waals surface area contributed by atoms with Crippen molar-refractivity contribution in [2.45, 2.75) is 6.42 Å². The molecule has 0 spiro atoms. The Labute approximate surface area is 129 Å². The lowest BCUT2D eigenvalue weighted by Crippen LogP contribution is -2.22. The van der Waals surface area contributed by atoms with Crippen LogP contribution in [0, 0.1) is 0 Å². The number of thioether (sulfide) groups is 1. The molecule has 1 aromatic carbocycles. The number of amides is 2. The first kappa shape index (κ1) is 14.9. The highest BCUT2D eigenvalue weighted by molar-refractivity contribution is 9.10. The molecule has 0 radical (unpaired) electrons. The van der Waals surface area contributed by atoms with Crippen LogP contribution in [-0.2, 0) is 11.2 Å². The van der Waals surface area contributed by atoms with Crippen molar-refractivity contribution < 1.29 is 14.7 Å². The Bertz CT molecular complexity index is 640. The van der Waals surface area contributed by atoms with Crippen molar-refractivity contribution in [3.63, 3.8) is 0 Å². The second-order valence-electron chi connectivity index (χ2n) is 4.24. The van der Waals surface area contributed by atoms with Crippen molar-refractivity contribution in [1.29, 1.82) is 0 Å². The minimum absolute atomic E-state index is 0.158. The minimum atomic E-state index is -0.311. The van der Waals surface area contributed by atoms with E-state index < -0.39 is 0 Å². The van der Waals surface area contributed by atoms with Gasteiger partial charge >= 0.3 is 0 Å². The van der Waals surface area contributed by atoms with Crippen LogP contribution in [0.5, 0.6) is 5.75 Å². The van der Waals surface area contributed by atoms with Crippen LogP contribution in [0.2, 0.25) is 0 Å². The summed E-state index contributed by atoms with van der Waals surface area (Å²) >= 11 is 4.18. The molecule has 2 amide bonds. The summed E-state index contributed by atoms with van der Waals surface area (Å²) in [6.07, 6.45) is 3.84. The smallest absolute Gasteiger partial charge is 0.293 e. The average Bonchev–Trinajstić information content (AvgIpc) is 2.63. The molecule has 1 N–H and O–H groups in total. The first-order chi connectivity index (χ1) is 9.43. The second-order valence-corrected chi connectivity index (χ2v) is 6.09. The number of aromatic hydroxyl groups is 1. The second kappa shape index (κ2) is 5.85. The highest BCUT2D eigenvalue weighted by Gasteiger charge is 2.31. The highest BCUT2D eigenvalue weighted by atomic mass is 79.9. The molecule has 104 valence electrons. The fourth-order valence-corrected chi connectivity index (χ4v) is 3.12. The number of rotatable bonds is 3. The Morgan fingerprint density at radius 3 is 2.70 bits per heavy atom. The largest absolute Gasteiger partial charge is 0.506 e. The van der Waals surface area contributed by atoms with Crippen molar-refractivity contribution in [2.24, 2.45) is 0 Å². The Morgan fingerprint density at radius 1 is 1.45 bits per heavy atom. The highest BCUT2D eigenvalue weighted by Crippen LogP contribution is 2.34. The Balaban J connectivity index is 2.42. The predicted molar refractivity (Wildman–Crippen MR) is 83.4 cm³/mol. The molecular weight excluding hydrogens is 342 g/mol. The molecule has 4 nitrogen and oxygen atoms in total. The molecule has 0 aromatic heterocycles. The van der Waals surface area contributed by atoms with Gasteiger partial charge in [-0.25, -0.2) is 0 Å². The van der Waals surface area contributed by atoms with E-state index in [-0.39, 0.29) is 16.9 Å². The van der Waals surface area contributed by atoms with Gasteiger partial charge in [0.2, 0.25) is 0 Å². The van der Waals surface area contributed by atoms with Crippen LogP contribution in [0.15, 0.2) is 34.2 Å². The van der Waals surface area contributed by atoms with Crippen LogP contribution >= 0.6 is 27.7 Å². The topological polar surface area (TPSA) is 57.6 Å². The van der Waals surface area contributed by atoms with Gasteiger partial charge in [0, 0.05) is 7.05 Å². The molecule has 0 saturated carbocycles. The molecule has 0 aliphatic carbocycles. The van der Waals surface area contributed by atoms with E-state index in [2.05, 4.69) is 22.5 Å². The zero-order chi connectivity index (χ0) is 14.9. The zero-order valence-corrected chi connectivity index (χ0v) is 13.1. The molecule has 1 aliphatic heterocycles. The van der Waals surface area contributed by atoms with E-state index in [1.165, 1.54) is 7.05 Å². The van der Waals surface area contributed by atoms with Crippen molar-refractivity contribution in [2.75, 3.05) is 7.05 Å². The minimum Gasteiger partial charge on any atom is -0.506 e. The number of phenols is 1. The van der Waals surface area contributed by atoms with Crippen molar-refractivity contribution in [3.05, 3.63) is 45.3 Å². The lowest BCUT2D eigenvalue weighted by Gasteiger charge is -2.06. The van der Waals surface area contributed by atoms with E-state index in [1.54, 1.807) is 24.3 Å². The SMILES string of the molecule is C=CCc1cc(/C=C2\SC(=O)N(C)C2=O)cc(Br)c1O. The van der Waals surface area contributed by atoms with Gasteiger partial charge < -0.3 is 5.11 Å². The molecular formula is C14H12BrNO3S. The standard InChI is InChI=1S/C14H12BrNO3S/c1-3-4-9-5-8(6-10(15)12(9)17)7-11-13(18)16(2)14(19)20-11/h3,5-7,17H,1,4H2,2H3/b11-7-. The number of benzene rings is 1. The summed E-state index contributed by atoms with van der Waals surface area (Å²) in [7, 11) is 1.45. The van der Waals surface area contributed by atoms with Gasteiger partial charge in [-0.1, -0.05) is 6.08 Å². The van der Waals surface area contributed by atoms with Gasteiger partial charge in [-0.05, 0) is 63.4 Å². The predicted octanol–water partition coefficient (Wildman–Crippen LogP) is 3.55. The number of nitrogens with zero attached hydrogens (tertiary/aromatic N) is 1. The normalized spacial score (nSPS) is 17.1. The molecule has 1 fully saturated rings. The molecule has 2 rings (SSSR count). The van der Waals surface area contributed by atoms with Gasteiger partial charge in [0.25, 0.3) is 11.1 Å². The summed E-state index contributed by atoms with van der Waals surface area (Å²) in [4.78, 5) is 24.7. The van der Waals surface area contributed by atoms with E-state index >= 15 is 0 Å². The van der Waals surface area contributed by atoms with Crippen molar-refractivity contribution in [1.82, 2.24) is 4.90 Å². The van der Waals surface area contributed by atoms with Crippen LogP contribution in [-0.4, -0.2) is 28.2 Å². The van der Waals surface area contributed by atoms with E-state index in [9.17, 15) is 14.7 Å². The Morgan fingerprint density at radius 2 is 2.15 bits per heavy atom. The molecule has 1 heterocycles. The first-order valence-corrected chi connectivity index (χ1v) is 7.39. The molecule has 0 bridgehead atoms. The molecule has 0 atom stereocenters. The number of likely N-dealkylation sites (N-methyl/N-ethyl adjacent to an activating group) is 1. The zero-order valence-electron chi connectivity index (χ0n) is 10.7. The van der Waals surface area contributed by atoms with E-state index in [1.807, 2.05) is 0 Å². The number of carbonyl (C=O) groups is 2. The lowest BCUT2D eigenvalue weighted by molar-refractivity contribution is -0.121. The maximum atomic E-state index is 11.8. The third kappa shape index (κ3) is 2.81.